The van der Waals surface area contributed by atoms with Gasteiger partial charge < -0.3 is 5.11 Å². The fraction of sp³-hybridized carbons (Fsp3) is 0.529. The number of rotatable bonds is 6. The summed E-state index contributed by atoms with van der Waals surface area (Å²) in [6.45, 7) is 2.58. The molecule has 0 radical (unpaired) electrons. The number of carboxylic acids is 1. The predicted octanol–water partition coefficient (Wildman–Crippen LogP) is 1.91. The number of aromatic nitrogens is 4. The zero-order valence-electron chi connectivity index (χ0n) is 13.5. The lowest BCUT2D eigenvalue weighted by Crippen LogP contribution is -2.32. The first-order valence-electron chi connectivity index (χ1n) is 8.50. The van der Waals surface area contributed by atoms with E-state index in [0.29, 0.717) is 12.0 Å². The number of likely N-dealkylation sites (tertiary alicyclic amines) is 1. The van der Waals surface area contributed by atoms with E-state index in [1.165, 1.54) is 19.0 Å². The van der Waals surface area contributed by atoms with Gasteiger partial charge in [-0.2, -0.15) is 0 Å². The first-order chi connectivity index (χ1) is 11.7. The summed E-state index contributed by atoms with van der Waals surface area (Å²) in [4.78, 5) is 17.5. The minimum atomic E-state index is -0.933. The highest BCUT2D eigenvalue weighted by molar-refractivity contribution is 5.87. The van der Waals surface area contributed by atoms with E-state index in [1.54, 1.807) is 12.3 Å². The summed E-state index contributed by atoms with van der Waals surface area (Å²) in [7, 11) is 0. The van der Waals surface area contributed by atoms with Crippen LogP contribution in [0.2, 0.25) is 0 Å². The second-order valence-corrected chi connectivity index (χ2v) is 6.79. The normalized spacial score (nSPS) is 21.2. The summed E-state index contributed by atoms with van der Waals surface area (Å²) in [6, 6.07) is 2.12. The molecule has 0 spiro atoms. The highest BCUT2D eigenvalue weighted by Gasteiger charge is 2.28. The van der Waals surface area contributed by atoms with Crippen LogP contribution in [0.1, 0.15) is 53.2 Å². The van der Waals surface area contributed by atoms with E-state index < -0.39 is 5.97 Å². The van der Waals surface area contributed by atoms with Crippen LogP contribution in [0.4, 0.5) is 0 Å². The van der Waals surface area contributed by atoms with Crippen LogP contribution in [0.25, 0.3) is 0 Å². The summed E-state index contributed by atoms with van der Waals surface area (Å²) in [6.07, 6.45) is 9.99. The molecule has 2 aromatic rings. The molecule has 1 saturated carbocycles. The summed E-state index contributed by atoms with van der Waals surface area (Å²) < 4.78 is 1.96. The van der Waals surface area contributed by atoms with Gasteiger partial charge in [0.05, 0.1) is 17.8 Å². The Morgan fingerprint density at radius 2 is 2.17 bits per heavy atom. The average molecular weight is 327 g/mol. The molecule has 2 aromatic heterocycles. The molecule has 126 valence electrons. The monoisotopic (exact) mass is 327 g/mol. The third-order valence-corrected chi connectivity index (χ3v) is 4.88. The molecule has 0 amide bonds. The van der Waals surface area contributed by atoms with E-state index in [1.807, 2.05) is 4.68 Å². The van der Waals surface area contributed by atoms with E-state index in [4.69, 9.17) is 5.11 Å². The number of carboxylic acid groups (broad SMARTS) is 1. The maximum Gasteiger partial charge on any atom is 0.337 e. The first-order valence-corrected chi connectivity index (χ1v) is 8.50. The fourth-order valence-corrected chi connectivity index (χ4v) is 3.42. The van der Waals surface area contributed by atoms with Gasteiger partial charge in [-0.15, -0.1) is 5.10 Å². The molecular formula is C17H21N5O2. The van der Waals surface area contributed by atoms with Crippen molar-refractivity contribution in [3.05, 3.63) is 41.5 Å². The van der Waals surface area contributed by atoms with Gasteiger partial charge in [0.25, 0.3) is 0 Å². The zero-order chi connectivity index (χ0) is 16.5. The number of hydrogen-bond acceptors (Lipinski definition) is 5. The minimum Gasteiger partial charge on any atom is -0.478 e. The Morgan fingerprint density at radius 3 is 2.96 bits per heavy atom. The van der Waals surface area contributed by atoms with Crippen molar-refractivity contribution in [2.75, 3.05) is 6.54 Å². The van der Waals surface area contributed by atoms with Gasteiger partial charge in [-0.05, 0) is 43.9 Å². The van der Waals surface area contributed by atoms with E-state index in [0.717, 1.165) is 43.7 Å². The molecule has 24 heavy (non-hydrogen) atoms. The molecule has 1 atom stereocenters. The van der Waals surface area contributed by atoms with Crippen molar-refractivity contribution in [3.8, 4) is 0 Å². The van der Waals surface area contributed by atoms with Crippen LogP contribution in [-0.4, -0.2) is 48.5 Å². The van der Waals surface area contributed by atoms with E-state index in [9.17, 15) is 4.79 Å². The second-order valence-electron chi connectivity index (χ2n) is 6.79. The number of hydrogen-bond donors (Lipinski definition) is 1. The number of pyridine rings is 1. The van der Waals surface area contributed by atoms with Crippen LogP contribution in [0, 0.1) is 0 Å². The minimum absolute atomic E-state index is 0.244. The third kappa shape index (κ3) is 3.31. The molecule has 0 unspecified atom stereocenters. The molecule has 0 aromatic carbocycles. The topological polar surface area (TPSA) is 84.1 Å². The molecule has 2 aliphatic rings. The van der Waals surface area contributed by atoms with Gasteiger partial charge in [-0.1, -0.05) is 5.21 Å². The first kappa shape index (κ1) is 15.3. The van der Waals surface area contributed by atoms with Gasteiger partial charge in [0.15, 0.2) is 0 Å². The second kappa shape index (κ2) is 6.32. The number of nitrogens with zero attached hydrogens (tertiary/aromatic N) is 5. The van der Waals surface area contributed by atoms with Gasteiger partial charge in [0.1, 0.15) is 0 Å². The largest absolute Gasteiger partial charge is 0.478 e. The average Bonchev–Trinajstić information content (AvgIpc) is 3.18. The van der Waals surface area contributed by atoms with Gasteiger partial charge in [0, 0.05) is 37.1 Å². The quantitative estimate of drug-likeness (QED) is 0.872. The SMILES string of the molecule is O=C(O)c1cncc(CN2CCC[C@H]2Cn2cc(C3CC3)nn2)c1. The summed E-state index contributed by atoms with van der Waals surface area (Å²) >= 11 is 0. The standard InChI is InChI=1S/C17H21N5O2/c23-17(24)14-6-12(7-18-8-14)9-21-5-1-2-15(21)10-22-11-16(19-20-22)13-3-4-13/h6-8,11,13,15H,1-5,9-10H2,(H,23,24)/t15-/m0/s1. The van der Waals surface area contributed by atoms with E-state index in [2.05, 4.69) is 26.4 Å². The van der Waals surface area contributed by atoms with E-state index >= 15 is 0 Å². The molecule has 2 fully saturated rings. The maximum atomic E-state index is 11.1. The van der Waals surface area contributed by atoms with Gasteiger partial charge >= 0.3 is 5.97 Å². The highest BCUT2D eigenvalue weighted by Crippen LogP contribution is 2.38. The van der Waals surface area contributed by atoms with Crippen molar-refractivity contribution >= 4 is 5.97 Å². The predicted molar refractivity (Wildman–Crippen MR) is 86.6 cm³/mol. The fourth-order valence-electron chi connectivity index (χ4n) is 3.42. The Balaban J connectivity index is 1.42. The molecule has 3 heterocycles. The van der Waals surface area contributed by atoms with Gasteiger partial charge in [0.2, 0.25) is 0 Å². The highest BCUT2D eigenvalue weighted by atomic mass is 16.4. The van der Waals surface area contributed by atoms with Crippen molar-refractivity contribution in [3.63, 3.8) is 0 Å². The Kier molecular flexibility index (Phi) is 4.02. The van der Waals surface area contributed by atoms with Crippen LogP contribution in [0.5, 0.6) is 0 Å². The molecular weight excluding hydrogens is 306 g/mol. The molecule has 1 aliphatic heterocycles. The van der Waals surface area contributed by atoms with Crippen LogP contribution < -0.4 is 0 Å². The van der Waals surface area contributed by atoms with Crippen LogP contribution in [-0.2, 0) is 13.1 Å². The number of carbonyl (C=O) groups is 1. The van der Waals surface area contributed by atoms with Crippen molar-refractivity contribution in [1.82, 2.24) is 24.9 Å². The third-order valence-electron chi connectivity index (χ3n) is 4.88. The molecule has 0 bridgehead atoms. The van der Waals surface area contributed by atoms with Crippen molar-refractivity contribution in [2.24, 2.45) is 0 Å². The van der Waals surface area contributed by atoms with Crippen molar-refractivity contribution in [2.45, 2.75) is 50.7 Å². The molecule has 7 nitrogen and oxygen atoms in total. The Labute approximate surface area is 140 Å². The summed E-state index contributed by atoms with van der Waals surface area (Å²) in [5.41, 5.74) is 2.31. The zero-order valence-corrected chi connectivity index (χ0v) is 13.5. The lowest BCUT2D eigenvalue weighted by molar-refractivity contribution is 0.0696. The smallest absolute Gasteiger partial charge is 0.337 e. The molecule has 1 N–H and O–H groups in total. The number of aromatic carboxylic acids is 1. The van der Waals surface area contributed by atoms with Gasteiger partial charge in [-0.3, -0.25) is 14.6 Å². The van der Waals surface area contributed by atoms with E-state index in [-0.39, 0.29) is 5.56 Å². The lowest BCUT2D eigenvalue weighted by Gasteiger charge is -2.24. The summed E-state index contributed by atoms with van der Waals surface area (Å²) in [5.74, 6) is -0.305. The molecule has 7 heteroatoms. The maximum absolute atomic E-state index is 11.1. The Morgan fingerprint density at radius 1 is 1.29 bits per heavy atom. The Bertz CT molecular complexity index is 740. The lowest BCUT2D eigenvalue weighted by atomic mass is 10.1. The van der Waals surface area contributed by atoms with Crippen LogP contribution >= 0.6 is 0 Å². The van der Waals surface area contributed by atoms with Crippen LogP contribution in [0.15, 0.2) is 24.7 Å². The molecule has 4 rings (SSSR count). The molecule has 1 saturated heterocycles. The van der Waals surface area contributed by atoms with Gasteiger partial charge in [-0.25, -0.2) is 4.79 Å². The van der Waals surface area contributed by atoms with Crippen LogP contribution in [0.3, 0.4) is 0 Å². The van der Waals surface area contributed by atoms with Crippen molar-refractivity contribution in [1.29, 1.82) is 0 Å². The molecule has 1 aliphatic carbocycles. The Hall–Kier alpha value is -2.28. The summed E-state index contributed by atoms with van der Waals surface area (Å²) in [5, 5.41) is 17.6. The van der Waals surface area contributed by atoms with Crippen molar-refractivity contribution < 1.29 is 9.90 Å².